The van der Waals surface area contributed by atoms with Crippen molar-refractivity contribution in [3.05, 3.63) is 0 Å². The summed E-state index contributed by atoms with van der Waals surface area (Å²) in [6.07, 6.45) is -2.29. The minimum Gasteiger partial charge on any atom is -0.481 e. The fourth-order valence-corrected chi connectivity index (χ4v) is 0.714. The number of hydrogen-bond donors (Lipinski definition) is 4. The summed E-state index contributed by atoms with van der Waals surface area (Å²) in [5, 5.41) is 33.8. The molecule has 0 aromatic rings. The van der Waals surface area contributed by atoms with E-state index in [1.165, 1.54) is 0 Å². The largest absolute Gasteiger partial charge is 0.481 e. The van der Waals surface area contributed by atoms with Crippen LogP contribution in [0.4, 0.5) is 0 Å². The zero-order chi connectivity index (χ0) is 10.6. The SMILES string of the molecule is O=C(O)CC(O)(CC(=O)O)C(=O)O.[Tb]. The summed E-state index contributed by atoms with van der Waals surface area (Å²) in [6, 6.07) is 0. The van der Waals surface area contributed by atoms with E-state index < -0.39 is 36.4 Å². The zero-order valence-corrected chi connectivity index (χ0v) is 8.90. The van der Waals surface area contributed by atoms with Crippen molar-refractivity contribution in [2.24, 2.45) is 0 Å². The Kier molecular flexibility index (Phi) is 7.13. The zero-order valence-electron chi connectivity index (χ0n) is 6.76. The van der Waals surface area contributed by atoms with E-state index in [1.54, 1.807) is 0 Å². The number of aliphatic hydroxyl groups is 1. The molecular weight excluding hydrogens is 343 g/mol. The minimum absolute atomic E-state index is 0. The van der Waals surface area contributed by atoms with Crippen molar-refractivity contribution in [2.75, 3.05) is 0 Å². The number of carboxylic acids is 3. The summed E-state index contributed by atoms with van der Waals surface area (Å²) in [7, 11) is 0. The molecule has 0 unspecified atom stereocenters. The number of aliphatic carboxylic acids is 3. The first-order valence-corrected chi connectivity index (χ1v) is 3.17. The predicted octanol–water partition coefficient (Wildman–Crippen LogP) is -1.25. The van der Waals surface area contributed by atoms with E-state index in [2.05, 4.69) is 0 Å². The summed E-state index contributed by atoms with van der Waals surface area (Å²) < 4.78 is 0. The van der Waals surface area contributed by atoms with E-state index in [1.807, 2.05) is 0 Å². The van der Waals surface area contributed by atoms with Crippen molar-refractivity contribution in [1.82, 2.24) is 0 Å². The molecule has 0 spiro atoms. The summed E-state index contributed by atoms with van der Waals surface area (Å²) in [5.41, 5.74) is -2.74. The van der Waals surface area contributed by atoms with Gasteiger partial charge >= 0.3 is 17.9 Å². The van der Waals surface area contributed by atoms with Gasteiger partial charge in [0, 0.05) is 38.6 Å². The fourth-order valence-electron chi connectivity index (χ4n) is 0.714. The van der Waals surface area contributed by atoms with Crippen molar-refractivity contribution < 1.29 is 73.4 Å². The Balaban J connectivity index is 0. The van der Waals surface area contributed by atoms with Gasteiger partial charge in [-0.15, -0.1) is 0 Å². The molecule has 7 nitrogen and oxygen atoms in total. The van der Waals surface area contributed by atoms with Crippen molar-refractivity contribution >= 4 is 17.9 Å². The second kappa shape index (κ2) is 6.20. The molecule has 4 N–H and O–H groups in total. The third-order valence-electron chi connectivity index (χ3n) is 1.29. The minimum atomic E-state index is -2.74. The van der Waals surface area contributed by atoms with Crippen LogP contribution in [0.25, 0.3) is 0 Å². The Bertz CT molecular complexity index is 233. The Hall–Kier alpha value is -0.344. The molecule has 0 aliphatic heterocycles. The van der Waals surface area contributed by atoms with E-state index in [9.17, 15) is 14.4 Å². The third kappa shape index (κ3) is 5.40. The fraction of sp³-hybridized carbons (Fsp3) is 0.500. The molecule has 0 amide bonds. The third-order valence-corrected chi connectivity index (χ3v) is 1.29. The molecule has 0 heterocycles. The van der Waals surface area contributed by atoms with Gasteiger partial charge in [0.05, 0.1) is 12.8 Å². The molecule has 83 valence electrons. The van der Waals surface area contributed by atoms with Crippen molar-refractivity contribution in [2.45, 2.75) is 18.4 Å². The van der Waals surface area contributed by atoms with Crippen LogP contribution in [0.1, 0.15) is 12.8 Å². The standard InChI is InChI=1S/C6H8O7.Tb/c7-3(8)1-6(13,5(11)12)2-4(9)10;/h13H,1-2H2,(H,7,8)(H,9,10)(H,11,12);. The molecule has 14 heavy (non-hydrogen) atoms. The van der Waals surface area contributed by atoms with Gasteiger partial charge in [0.25, 0.3) is 0 Å². The topological polar surface area (TPSA) is 132 Å². The van der Waals surface area contributed by atoms with E-state index in [4.69, 9.17) is 20.4 Å². The van der Waals surface area contributed by atoms with Crippen LogP contribution in [0.5, 0.6) is 0 Å². The molecule has 0 saturated heterocycles. The Labute approximate surface area is 109 Å². The van der Waals surface area contributed by atoms with E-state index >= 15 is 0 Å². The second-order valence-corrected chi connectivity index (χ2v) is 2.48. The summed E-state index contributed by atoms with van der Waals surface area (Å²) in [4.78, 5) is 30.5. The summed E-state index contributed by atoms with van der Waals surface area (Å²) >= 11 is 0. The van der Waals surface area contributed by atoms with Crippen LogP contribution in [0, 0.1) is 38.6 Å². The predicted molar refractivity (Wildman–Crippen MR) is 37.1 cm³/mol. The Morgan fingerprint density at radius 2 is 1.21 bits per heavy atom. The molecule has 0 aromatic carbocycles. The number of carbonyl (C=O) groups is 3. The van der Waals surface area contributed by atoms with Gasteiger partial charge in [-0.1, -0.05) is 0 Å². The van der Waals surface area contributed by atoms with Crippen LogP contribution in [0.15, 0.2) is 0 Å². The summed E-state index contributed by atoms with van der Waals surface area (Å²) in [5.74, 6) is -5.02. The van der Waals surface area contributed by atoms with Crippen molar-refractivity contribution in [3.8, 4) is 0 Å². The monoisotopic (exact) mass is 351 g/mol. The smallest absolute Gasteiger partial charge is 0.336 e. The Morgan fingerprint density at radius 3 is 1.36 bits per heavy atom. The molecule has 0 aromatic heterocycles. The number of rotatable bonds is 5. The maximum Gasteiger partial charge on any atom is 0.336 e. The van der Waals surface area contributed by atoms with Gasteiger partial charge in [-0.05, 0) is 0 Å². The number of hydrogen-bond acceptors (Lipinski definition) is 4. The molecule has 0 bridgehead atoms. The van der Waals surface area contributed by atoms with Crippen LogP contribution in [0.3, 0.4) is 0 Å². The van der Waals surface area contributed by atoms with E-state index in [-0.39, 0.29) is 38.6 Å². The molecule has 0 fully saturated rings. The van der Waals surface area contributed by atoms with Gasteiger partial charge in [-0.2, -0.15) is 0 Å². The first-order chi connectivity index (χ1) is 5.78. The molecule has 1 radical (unpaired) electrons. The quantitative estimate of drug-likeness (QED) is 0.487. The van der Waals surface area contributed by atoms with Crippen LogP contribution in [0.2, 0.25) is 0 Å². The van der Waals surface area contributed by atoms with Crippen LogP contribution in [-0.4, -0.2) is 43.9 Å². The van der Waals surface area contributed by atoms with Crippen molar-refractivity contribution in [1.29, 1.82) is 0 Å². The van der Waals surface area contributed by atoms with Gasteiger partial charge in [0.15, 0.2) is 5.60 Å². The maximum absolute atomic E-state index is 10.3. The summed E-state index contributed by atoms with van der Waals surface area (Å²) in [6.45, 7) is 0. The molecule has 8 heteroatoms. The van der Waals surface area contributed by atoms with Crippen LogP contribution in [-0.2, 0) is 14.4 Å². The first-order valence-electron chi connectivity index (χ1n) is 3.17. The molecule has 0 aliphatic carbocycles. The van der Waals surface area contributed by atoms with Gasteiger partial charge in [-0.25, -0.2) is 4.79 Å². The van der Waals surface area contributed by atoms with Crippen LogP contribution >= 0.6 is 0 Å². The average Bonchev–Trinajstić information content (AvgIpc) is 1.82. The second-order valence-electron chi connectivity index (χ2n) is 2.48. The van der Waals surface area contributed by atoms with Gasteiger partial charge < -0.3 is 20.4 Å². The molecular formula is C6H8O7Tb. The van der Waals surface area contributed by atoms with Gasteiger partial charge in [0.1, 0.15) is 0 Å². The molecule has 0 saturated carbocycles. The number of carboxylic acid groups (broad SMARTS) is 3. The van der Waals surface area contributed by atoms with E-state index in [0.717, 1.165) is 0 Å². The maximum atomic E-state index is 10.3. The van der Waals surface area contributed by atoms with Crippen LogP contribution < -0.4 is 0 Å². The van der Waals surface area contributed by atoms with E-state index in [0.29, 0.717) is 0 Å². The molecule has 0 aliphatic rings. The average molecular weight is 351 g/mol. The normalized spacial score (nSPS) is 10.1. The van der Waals surface area contributed by atoms with Crippen molar-refractivity contribution in [3.63, 3.8) is 0 Å². The first kappa shape index (κ1) is 16.1. The van der Waals surface area contributed by atoms with Gasteiger partial charge in [0.2, 0.25) is 0 Å². The Morgan fingerprint density at radius 1 is 0.929 bits per heavy atom. The molecule has 0 rings (SSSR count). The van der Waals surface area contributed by atoms with Gasteiger partial charge in [-0.3, -0.25) is 9.59 Å². The molecule has 0 atom stereocenters.